The van der Waals surface area contributed by atoms with Crippen LogP contribution in [-0.4, -0.2) is 10.2 Å². The van der Waals surface area contributed by atoms with E-state index in [1.807, 2.05) is 6.07 Å². The molecule has 104 valence electrons. The molecule has 20 heavy (non-hydrogen) atoms. The number of rotatable bonds is 2. The van der Waals surface area contributed by atoms with Crippen LogP contribution in [-0.2, 0) is 0 Å². The van der Waals surface area contributed by atoms with Gasteiger partial charge in [-0.1, -0.05) is 40.9 Å². The van der Waals surface area contributed by atoms with Crippen molar-refractivity contribution in [3.8, 4) is 11.1 Å². The third-order valence-electron chi connectivity index (χ3n) is 4.93. The lowest BCUT2D eigenvalue weighted by atomic mass is 10.0. The summed E-state index contributed by atoms with van der Waals surface area (Å²) in [6.45, 7) is 0. The first-order valence-corrected chi connectivity index (χ1v) is 8.14. The van der Waals surface area contributed by atoms with Gasteiger partial charge >= 0.3 is 0 Å². The number of aromatic amines is 1. The minimum absolute atomic E-state index is 0.627. The van der Waals surface area contributed by atoms with Gasteiger partial charge in [-0.25, -0.2) is 0 Å². The monoisotopic (exact) mass is 331 g/mol. The number of benzene rings is 1. The average molecular weight is 332 g/mol. The predicted molar refractivity (Wildman–Crippen MR) is 84.3 cm³/mol. The fourth-order valence-electron chi connectivity index (χ4n) is 3.98. The van der Waals surface area contributed by atoms with Crippen LogP contribution in [0.25, 0.3) is 11.1 Å². The molecule has 2 saturated carbocycles. The van der Waals surface area contributed by atoms with Crippen LogP contribution in [0.4, 0.5) is 5.82 Å². The van der Waals surface area contributed by atoms with Crippen molar-refractivity contribution in [3.05, 3.63) is 34.4 Å². The number of nitrogens with one attached hydrogen (secondary N) is 1. The topological polar surface area (TPSA) is 54.7 Å². The van der Waals surface area contributed by atoms with Gasteiger partial charge in [-0.05, 0) is 42.4 Å². The standard InChI is InChI=1S/C16H18BrN3/c17-10-5-3-4-9(8-10)13-15(19-20-16(13)18)14-11-6-1-2-7-12(11)14/h3-5,8,11-12,14H,1-2,6-7H2,(H3,18,19,20). The highest BCUT2D eigenvalue weighted by molar-refractivity contribution is 9.10. The second-order valence-electron chi connectivity index (χ2n) is 6.05. The zero-order valence-electron chi connectivity index (χ0n) is 11.3. The van der Waals surface area contributed by atoms with Crippen molar-refractivity contribution in [2.45, 2.75) is 31.6 Å². The van der Waals surface area contributed by atoms with Crippen LogP contribution in [0.5, 0.6) is 0 Å². The molecule has 0 aliphatic heterocycles. The second kappa shape index (κ2) is 4.62. The second-order valence-corrected chi connectivity index (χ2v) is 6.96. The number of nitrogen functional groups attached to an aromatic ring is 1. The Labute approximate surface area is 127 Å². The van der Waals surface area contributed by atoms with E-state index in [9.17, 15) is 0 Å². The molecule has 2 aliphatic rings. The van der Waals surface area contributed by atoms with E-state index in [1.54, 1.807) is 0 Å². The van der Waals surface area contributed by atoms with Gasteiger partial charge in [-0.3, -0.25) is 5.10 Å². The summed E-state index contributed by atoms with van der Waals surface area (Å²) >= 11 is 3.54. The normalized spacial score (nSPS) is 28.1. The van der Waals surface area contributed by atoms with E-state index >= 15 is 0 Å². The SMILES string of the molecule is Nc1n[nH]c(C2C3CCCCC32)c1-c1cccc(Br)c1. The van der Waals surface area contributed by atoms with E-state index in [0.717, 1.165) is 27.4 Å². The lowest BCUT2D eigenvalue weighted by molar-refractivity contribution is 0.480. The Morgan fingerprint density at radius 1 is 1.20 bits per heavy atom. The molecular weight excluding hydrogens is 314 g/mol. The minimum atomic E-state index is 0.627. The summed E-state index contributed by atoms with van der Waals surface area (Å²) in [4.78, 5) is 0. The largest absolute Gasteiger partial charge is 0.382 e. The summed E-state index contributed by atoms with van der Waals surface area (Å²) in [6, 6.07) is 8.32. The summed E-state index contributed by atoms with van der Waals surface area (Å²) in [5, 5.41) is 7.50. The molecule has 4 heteroatoms. The van der Waals surface area contributed by atoms with Crippen molar-refractivity contribution in [2.24, 2.45) is 11.8 Å². The Balaban J connectivity index is 1.75. The molecule has 1 aromatic heterocycles. The maximum absolute atomic E-state index is 6.12. The first-order valence-electron chi connectivity index (χ1n) is 7.35. The zero-order valence-corrected chi connectivity index (χ0v) is 12.9. The number of H-pyrrole nitrogens is 1. The molecule has 4 rings (SSSR count). The van der Waals surface area contributed by atoms with Crippen LogP contribution in [0.15, 0.2) is 28.7 Å². The van der Waals surface area contributed by atoms with Crippen molar-refractivity contribution in [2.75, 3.05) is 5.73 Å². The molecular formula is C16H18BrN3. The predicted octanol–water partition coefficient (Wildman–Crippen LogP) is 4.33. The van der Waals surface area contributed by atoms with E-state index < -0.39 is 0 Å². The Hall–Kier alpha value is -1.29. The van der Waals surface area contributed by atoms with Crippen molar-refractivity contribution < 1.29 is 0 Å². The number of hydrogen-bond acceptors (Lipinski definition) is 2. The maximum Gasteiger partial charge on any atom is 0.153 e. The molecule has 0 radical (unpaired) electrons. The van der Waals surface area contributed by atoms with Crippen LogP contribution < -0.4 is 5.73 Å². The molecule has 2 fully saturated rings. The first kappa shape index (κ1) is 12.5. The zero-order chi connectivity index (χ0) is 13.7. The molecule has 2 aromatic rings. The van der Waals surface area contributed by atoms with E-state index in [1.165, 1.54) is 31.4 Å². The maximum atomic E-state index is 6.12. The molecule has 1 aromatic carbocycles. The summed E-state index contributed by atoms with van der Waals surface area (Å²) in [5.41, 5.74) is 9.66. The number of hydrogen-bond donors (Lipinski definition) is 2. The number of fused-ring (bicyclic) bond motifs is 1. The lowest BCUT2D eigenvalue weighted by Gasteiger charge is -2.05. The highest BCUT2D eigenvalue weighted by Crippen LogP contribution is 2.62. The quantitative estimate of drug-likeness (QED) is 0.860. The Bertz CT molecular complexity index is 637. The molecule has 2 atom stereocenters. The summed E-state index contributed by atoms with van der Waals surface area (Å²) in [7, 11) is 0. The summed E-state index contributed by atoms with van der Waals surface area (Å²) in [5.74, 6) is 2.99. The van der Waals surface area contributed by atoms with Gasteiger partial charge in [0.2, 0.25) is 0 Å². The smallest absolute Gasteiger partial charge is 0.153 e. The highest BCUT2D eigenvalue weighted by Gasteiger charge is 2.53. The molecule has 3 N–H and O–H groups in total. The molecule has 0 spiro atoms. The van der Waals surface area contributed by atoms with Gasteiger partial charge in [-0.2, -0.15) is 5.10 Å². The molecule has 2 aliphatic carbocycles. The summed E-state index contributed by atoms with van der Waals surface area (Å²) < 4.78 is 1.08. The fraction of sp³-hybridized carbons (Fsp3) is 0.438. The van der Waals surface area contributed by atoms with Crippen molar-refractivity contribution in [1.29, 1.82) is 0 Å². The van der Waals surface area contributed by atoms with Crippen LogP contribution in [0.1, 0.15) is 37.3 Å². The first-order chi connectivity index (χ1) is 9.75. The van der Waals surface area contributed by atoms with Crippen LogP contribution in [0.3, 0.4) is 0 Å². The average Bonchev–Trinajstić information content (AvgIpc) is 3.06. The number of nitrogens with zero attached hydrogens (tertiary/aromatic N) is 1. The van der Waals surface area contributed by atoms with Gasteiger partial charge in [0.25, 0.3) is 0 Å². The molecule has 2 unspecified atom stereocenters. The minimum Gasteiger partial charge on any atom is -0.382 e. The Morgan fingerprint density at radius 2 is 1.95 bits per heavy atom. The van der Waals surface area contributed by atoms with Gasteiger partial charge in [0.15, 0.2) is 5.82 Å². The van der Waals surface area contributed by atoms with E-state index in [4.69, 9.17) is 5.73 Å². The van der Waals surface area contributed by atoms with Crippen LogP contribution in [0, 0.1) is 11.8 Å². The van der Waals surface area contributed by atoms with Gasteiger partial charge in [-0.15, -0.1) is 0 Å². The third-order valence-corrected chi connectivity index (χ3v) is 5.42. The number of nitrogens with two attached hydrogens (primary N) is 1. The molecule has 3 nitrogen and oxygen atoms in total. The lowest BCUT2D eigenvalue weighted by Crippen LogP contribution is -1.91. The van der Waals surface area contributed by atoms with Crippen LogP contribution >= 0.6 is 15.9 Å². The van der Waals surface area contributed by atoms with Gasteiger partial charge in [0.05, 0.1) is 0 Å². The summed E-state index contributed by atoms with van der Waals surface area (Å²) in [6.07, 6.45) is 5.50. The van der Waals surface area contributed by atoms with Gasteiger partial charge in [0.1, 0.15) is 0 Å². The van der Waals surface area contributed by atoms with Crippen LogP contribution in [0.2, 0.25) is 0 Å². The number of anilines is 1. The van der Waals surface area contributed by atoms with Crippen molar-refractivity contribution in [3.63, 3.8) is 0 Å². The van der Waals surface area contributed by atoms with E-state index in [2.05, 4.69) is 44.3 Å². The van der Waals surface area contributed by atoms with Crippen molar-refractivity contribution >= 4 is 21.7 Å². The van der Waals surface area contributed by atoms with Gasteiger partial charge < -0.3 is 5.73 Å². The van der Waals surface area contributed by atoms with Crippen molar-refractivity contribution in [1.82, 2.24) is 10.2 Å². The molecule has 0 bridgehead atoms. The van der Waals surface area contributed by atoms with E-state index in [-0.39, 0.29) is 0 Å². The highest BCUT2D eigenvalue weighted by atomic mass is 79.9. The molecule has 1 heterocycles. The Kier molecular flexibility index (Phi) is 2.88. The molecule has 0 saturated heterocycles. The number of aromatic nitrogens is 2. The molecule has 0 amide bonds. The van der Waals surface area contributed by atoms with Gasteiger partial charge in [0, 0.05) is 21.6 Å². The van der Waals surface area contributed by atoms with E-state index in [0.29, 0.717) is 11.7 Å². The third kappa shape index (κ3) is 1.89. The number of halogens is 1. The Morgan fingerprint density at radius 3 is 2.65 bits per heavy atom. The fourth-order valence-corrected chi connectivity index (χ4v) is 4.38.